The van der Waals surface area contributed by atoms with Gasteiger partial charge in [0.25, 0.3) is 19.0 Å². The van der Waals surface area contributed by atoms with Gasteiger partial charge in [-0.25, -0.2) is 13.7 Å². The number of pyridine rings is 2. The predicted octanol–water partition coefficient (Wildman–Crippen LogP) is 26.2. The minimum atomic E-state index is 0.703. The maximum Gasteiger partial charge on any atom is 0.287 e. The van der Waals surface area contributed by atoms with E-state index in [2.05, 4.69) is 345 Å². The van der Waals surface area contributed by atoms with Crippen molar-refractivity contribution in [3.63, 3.8) is 0 Å². The van der Waals surface area contributed by atoms with Gasteiger partial charge in [0.1, 0.15) is 28.2 Å². The summed E-state index contributed by atoms with van der Waals surface area (Å²) in [6.45, 7) is 19.6. The molecule has 0 bridgehead atoms. The average molecular weight is 1600 g/mol. The maximum absolute atomic E-state index is 4.89. The molecule has 3 aliphatic carbocycles. The summed E-state index contributed by atoms with van der Waals surface area (Å²) in [5.74, 6) is 2.18. The summed E-state index contributed by atoms with van der Waals surface area (Å²) in [5.41, 5.74) is 35.3. The van der Waals surface area contributed by atoms with E-state index >= 15 is 0 Å². The Kier molecular flexibility index (Phi) is 22.9. The lowest BCUT2D eigenvalue weighted by atomic mass is 9.93. The number of hydrogen-bond donors (Lipinski definition) is 0. The molecule has 18 aromatic rings. The second-order valence-corrected chi connectivity index (χ2v) is 37.0. The van der Waals surface area contributed by atoms with Crippen molar-refractivity contribution in [2.45, 2.75) is 157 Å². The molecule has 10 aromatic carbocycles. The zero-order chi connectivity index (χ0) is 81.6. The van der Waals surface area contributed by atoms with Crippen molar-refractivity contribution in [3.8, 4) is 56.3 Å². The van der Waals surface area contributed by atoms with Crippen molar-refractivity contribution < 1.29 is 22.8 Å². The smallest absolute Gasteiger partial charge is 0.231 e. The zero-order valence-corrected chi connectivity index (χ0v) is 73.6. The molecule has 0 spiro atoms. The van der Waals surface area contributed by atoms with Crippen LogP contribution in [-0.4, -0.2) is 15.0 Å². The number of thiophene rings is 3. The van der Waals surface area contributed by atoms with Gasteiger partial charge in [0, 0.05) is 93.1 Å². The molecule has 8 nitrogen and oxygen atoms in total. The van der Waals surface area contributed by atoms with E-state index in [9.17, 15) is 0 Å². The Hall–Kier alpha value is -11.1. The number of aryl methyl sites for hydroxylation is 14. The quantitative estimate of drug-likeness (QED) is 0.142. The molecule has 0 amide bonds. The summed E-state index contributed by atoms with van der Waals surface area (Å²) in [6, 6.07) is 82.2. The van der Waals surface area contributed by atoms with Crippen LogP contribution in [0.3, 0.4) is 0 Å². The van der Waals surface area contributed by atoms with Crippen LogP contribution < -0.4 is 22.8 Å². The van der Waals surface area contributed by atoms with Crippen LogP contribution in [0.25, 0.3) is 139 Å². The molecule has 118 heavy (non-hydrogen) atoms. The number of aromatic nitrogens is 8. The third-order valence-corrected chi connectivity index (χ3v) is 29.1. The summed E-state index contributed by atoms with van der Waals surface area (Å²) in [4.78, 5) is 14.5. The van der Waals surface area contributed by atoms with Gasteiger partial charge in [-0.05, 0) is 250 Å². The summed E-state index contributed by atoms with van der Waals surface area (Å²) in [5, 5.41) is 6.60. The molecule has 3 aliphatic rings. The highest BCUT2D eigenvalue weighted by molar-refractivity contribution is 7.27. The Balaban J connectivity index is 0.000000106. The van der Waals surface area contributed by atoms with Crippen molar-refractivity contribution >= 4 is 117 Å². The molecule has 3 saturated carbocycles. The minimum Gasteiger partial charge on any atom is -0.231 e. The lowest BCUT2D eigenvalue weighted by Gasteiger charge is -2.14. The number of benzene rings is 10. The predicted molar refractivity (Wildman–Crippen MR) is 499 cm³/mol. The van der Waals surface area contributed by atoms with Crippen LogP contribution in [0.5, 0.6) is 0 Å². The average Bonchev–Trinajstić information content (AvgIpc) is 1.59. The second-order valence-electron chi connectivity index (χ2n) is 33.8. The van der Waals surface area contributed by atoms with Gasteiger partial charge in [0.15, 0.2) is 17.1 Å². The highest BCUT2D eigenvalue weighted by atomic mass is 32.1. The fourth-order valence-corrected chi connectivity index (χ4v) is 22.8. The zero-order valence-electron chi connectivity index (χ0n) is 71.1. The van der Waals surface area contributed by atoms with E-state index in [0.717, 1.165) is 22.9 Å². The molecular formula is C107H109N8S3+5. The van der Waals surface area contributed by atoms with E-state index in [0.29, 0.717) is 5.92 Å². The highest BCUT2D eigenvalue weighted by Crippen LogP contribution is 2.47. The van der Waals surface area contributed by atoms with Gasteiger partial charge in [-0.1, -0.05) is 189 Å². The third-order valence-electron chi connectivity index (χ3n) is 25.6. The summed E-state index contributed by atoms with van der Waals surface area (Å²) < 4.78 is 19.0. The van der Waals surface area contributed by atoms with Gasteiger partial charge in [-0.3, -0.25) is 0 Å². The number of hydrogen-bond acceptors (Lipinski definition) is 6. The Labute approximate surface area is 708 Å². The van der Waals surface area contributed by atoms with E-state index in [4.69, 9.17) is 15.0 Å². The minimum absolute atomic E-state index is 0.703. The molecule has 0 N–H and O–H groups in total. The molecular weight excluding hydrogens is 1490 g/mol. The lowest BCUT2D eigenvalue weighted by Crippen LogP contribution is -2.32. The molecule has 0 unspecified atom stereocenters. The lowest BCUT2D eigenvalue weighted by molar-refractivity contribution is -0.662. The number of fused-ring (bicyclic) bond motifs is 11. The Morgan fingerprint density at radius 1 is 0.297 bits per heavy atom. The van der Waals surface area contributed by atoms with Crippen LogP contribution in [-0.2, 0) is 35.2 Å². The van der Waals surface area contributed by atoms with Crippen LogP contribution in [0.15, 0.2) is 243 Å². The van der Waals surface area contributed by atoms with Gasteiger partial charge in [0.2, 0.25) is 39.0 Å². The third kappa shape index (κ3) is 15.7. The van der Waals surface area contributed by atoms with Crippen LogP contribution in [0.4, 0.5) is 0 Å². The molecule has 3 fully saturated rings. The first-order chi connectivity index (χ1) is 57.3. The van der Waals surface area contributed by atoms with Gasteiger partial charge in [0.05, 0.1) is 21.1 Å². The monoisotopic (exact) mass is 1600 g/mol. The molecule has 0 radical (unpaired) electrons. The van der Waals surface area contributed by atoms with Gasteiger partial charge >= 0.3 is 0 Å². The number of nitrogens with zero attached hydrogens (tertiary/aromatic N) is 8. The van der Waals surface area contributed by atoms with Crippen LogP contribution in [0, 0.1) is 62.3 Å². The van der Waals surface area contributed by atoms with E-state index < -0.39 is 0 Å². The van der Waals surface area contributed by atoms with Crippen molar-refractivity contribution in [3.05, 3.63) is 310 Å². The standard InChI is InChI=1S/3C23H23N2S.2C19H20N/c1-15-8-3-6-11-17(15)22-23-21(24-14-25(22)2)20-18(16-9-4-5-10-16)12-7-13-19(20)26-23;1-15-7-3-6-10-18(15)22-23-21(24-14-25(22)2)19-13-17(11-12-20(19)26-23)16-8-4-5-9-16;1-15-11-12-17(16-7-3-4-8-16)13-19(15)22-23-21(24-14-25(22)2)18-9-5-6-10-20(18)26-23;1-13-6-9-18-16(11-13)8-10-19(20(18)4)17-12-14(2)5-7-15(17)3;1-13-8-9-15(3)17(12-13)19-11-10-16-14(2)6-5-7-18(16)20(19)4/h3,6-8,11-14,16H,4-5,9-10H2,1-2H3;3,6-7,10-14,16H,4-5,8-9H2,1-2H3;5-6,9-14,16H,3-4,7-8H2,1-2H3;2*5-12H,1-4H3/q5*+1. The molecule has 8 heterocycles. The Morgan fingerprint density at radius 2 is 0.729 bits per heavy atom. The maximum atomic E-state index is 4.89. The van der Waals surface area contributed by atoms with Crippen molar-refractivity contribution in [1.29, 1.82) is 0 Å². The van der Waals surface area contributed by atoms with E-state index in [1.54, 1.807) is 0 Å². The van der Waals surface area contributed by atoms with Crippen LogP contribution in [0.2, 0.25) is 0 Å². The fourth-order valence-electron chi connectivity index (χ4n) is 19.0. The van der Waals surface area contributed by atoms with E-state index in [-0.39, 0.29) is 0 Å². The van der Waals surface area contributed by atoms with Crippen molar-refractivity contribution in [2.24, 2.45) is 35.2 Å². The van der Waals surface area contributed by atoms with Crippen LogP contribution >= 0.6 is 34.0 Å². The first-order valence-electron chi connectivity index (χ1n) is 42.5. The number of rotatable bonds is 8. The molecule has 0 atom stereocenters. The summed E-state index contributed by atoms with van der Waals surface area (Å²) >= 11 is 5.63. The summed E-state index contributed by atoms with van der Waals surface area (Å²) in [6.07, 6.45) is 22.1. The van der Waals surface area contributed by atoms with Gasteiger partial charge in [-0.15, -0.1) is 34.0 Å². The fraction of sp³-hybridized carbons (Fsp3) is 0.271. The Bertz CT molecular complexity index is 6860. The topological polar surface area (TPSA) is 58.1 Å². The molecule has 590 valence electrons. The normalized spacial score (nSPS) is 13.8. The molecule has 0 aliphatic heterocycles. The first kappa shape index (κ1) is 79.4. The second kappa shape index (κ2) is 34.1. The SMILES string of the molecule is Cc1ccc(C)c(-c2ccc3c(C)cccc3[n+]2C)c1.Cc1ccc(C)c(-c2ccc3cc(C)ccc3[n+]2C)c1.Cc1ccc(C2CCCC2)cc1-c1c2sc3ccccc3c2nc[n+]1C.Cc1ccccc1-c1c2sc3ccc(C4CCCC4)cc3c2nc[n+]1C.Cc1ccccc1-c1c2sc3cccc(C4CCCC4)c3c2nc[n+]1C. The van der Waals surface area contributed by atoms with Crippen molar-refractivity contribution in [1.82, 2.24) is 15.0 Å². The molecule has 0 saturated heterocycles. The largest absolute Gasteiger partial charge is 0.287 e. The van der Waals surface area contributed by atoms with E-state index in [1.807, 2.05) is 53.0 Å². The molecule has 8 aromatic heterocycles. The molecule has 21 rings (SSSR count). The van der Waals surface area contributed by atoms with E-state index in [1.165, 1.54) is 272 Å². The van der Waals surface area contributed by atoms with Crippen molar-refractivity contribution in [2.75, 3.05) is 0 Å². The Morgan fingerprint density at radius 3 is 1.34 bits per heavy atom. The van der Waals surface area contributed by atoms with Gasteiger partial charge in [-0.2, -0.15) is 9.13 Å². The van der Waals surface area contributed by atoms with Gasteiger partial charge < -0.3 is 0 Å². The molecule has 11 heteroatoms. The first-order valence-corrected chi connectivity index (χ1v) is 45.0. The van der Waals surface area contributed by atoms with Crippen LogP contribution in [0.1, 0.15) is 162 Å². The summed E-state index contributed by atoms with van der Waals surface area (Å²) in [7, 11) is 10.6. The highest BCUT2D eigenvalue weighted by Gasteiger charge is 2.30.